The fraction of sp³-hybridized carbons (Fsp3) is 0.348. The number of amides is 1. The molecule has 0 saturated heterocycles. The number of nitrogens with zero attached hydrogens (tertiary/aromatic N) is 5. The SMILES string of the molecule is Cn1cnnc1C1(c2cccc(NC(=O)c3ccc4c(n3)CCN4)c2)CC(CC#N)C1. The van der Waals surface area contributed by atoms with Crippen LogP contribution in [-0.4, -0.2) is 32.2 Å². The molecular formula is C23H23N7O. The molecule has 1 amide bonds. The zero-order chi connectivity index (χ0) is 21.4. The van der Waals surface area contributed by atoms with Crippen molar-refractivity contribution < 1.29 is 4.79 Å². The maximum absolute atomic E-state index is 12.8. The minimum Gasteiger partial charge on any atom is -0.383 e. The zero-order valence-electron chi connectivity index (χ0n) is 17.3. The van der Waals surface area contributed by atoms with E-state index in [0.29, 0.717) is 23.7 Å². The quantitative estimate of drug-likeness (QED) is 0.666. The number of hydrogen-bond acceptors (Lipinski definition) is 6. The number of hydrogen-bond donors (Lipinski definition) is 2. The van der Waals surface area contributed by atoms with Crippen LogP contribution in [0.4, 0.5) is 11.4 Å². The Balaban J connectivity index is 1.42. The first-order valence-electron chi connectivity index (χ1n) is 10.5. The number of aryl methyl sites for hydroxylation is 1. The van der Waals surface area contributed by atoms with E-state index in [4.69, 9.17) is 5.26 Å². The monoisotopic (exact) mass is 413 g/mol. The van der Waals surface area contributed by atoms with Crippen molar-refractivity contribution in [2.75, 3.05) is 17.2 Å². The van der Waals surface area contributed by atoms with Crippen molar-refractivity contribution in [3.05, 3.63) is 65.5 Å². The summed E-state index contributed by atoms with van der Waals surface area (Å²) in [6.45, 7) is 0.854. The second-order valence-electron chi connectivity index (χ2n) is 8.39. The second kappa shape index (κ2) is 7.51. The third kappa shape index (κ3) is 3.32. The van der Waals surface area contributed by atoms with E-state index in [1.807, 2.05) is 35.9 Å². The number of fused-ring (bicyclic) bond motifs is 1. The number of carbonyl (C=O) groups is 1. The molecule has 2 aromatic heterocycles. The van der Waals surface area contributed by atoms with Gasteiger partial charge in [0.2, 0.25) is 0 Å². The van der Waals surface area contributed by atoms with Crippen LogP contribution < -0.4 is 10.6 Å². The van der Waals surface area contributed by atoms with E-state index in [-0.39, 0.29) is 11.3 Å². The average Bonchev–Trinajstić information content (AvgIpc) is 3.39. The number of anilines is 2. The second-order valence-corrected chi connectivity index (χ2v) is 8.39. The number of pyridine rings is 1. The minimum atomic E-state index is -0.301. The highest BCUT2D eigenvalue weighted by Crippen LogP contribution is 2.53. The average molecular weight is 413 g/mol. The first kappa shape index (κ1) is 19.2. The molecule has 3 aromatic rings. The Kier molecular flexibility index (Phi) is 4.66. The molecule has 2 aliphatic rings. The maximum atomic E-state index is 12.8. The van der Waals surface area contributed by atoms with Gasteiger partial charge in [0.25, 0.3) is 5.91 Å². The molecule has 3 heterocycles. The van der Waals surface area contributed by atoms with Crippen LogP contribution in [0.2, 0.25) is 0 Å². The van der Waals surface area contributed by atoms with Crippen molar-refractivity contribution in [1.29, 1.82) is 5.26 Å². The molecule has 5 rings (SSSR count). The standard InChI is InChI=1S/C23H23N7O/c1-30-14-26-29-22(30)23(12-15(13-23)7-9-24)16-3-2-4-17(11-16)27-21(31)20-6-5-18-19(28-20)8-10-25-18/h2-6,11,14-15,25H,7-8,10,12-13H2,1H3,(H,27,31). The van der Waals surface area contributed by atoms with Crippen LogP contribution in [0.1, 0.15) is 46.8 Å². The summed E-state index contributed by atoms with van der Waals surface area (Å²) in [6.07, 6.45) is 4.74. The van der Waals surface area contributed by atoms with E-state index < -0.39 is 0 Å². The van der Waals surface area contributed by atoms with Gasteiger partial charge in [-0.15, -0.1) is 10.2 Å². The summed E-state index contributed by atoms with van der Waals surface area (Å²) in [5.41, 5.74) is 3.83. The highest BCUT2D eigenvalue weighted by molar-refractivity contribution is 6.03. The van der Waals surface area contributed by atoms with E-state index in [1.54, 1.807) is 12.4 Å². The number of rotatable bonds is 5. The molecule has 31 heavy (non-hydrogen) atoms. The summed E-state index contributed by atoms with van der Waals surface area (Å²) in [5, 5.41) is 23.8. The van der Waals surface area contributed by atoms with E-state index in [9.17, 15) is 4.79 Å². The first-order valence-corrected chi connectivity index (χ1v) is 10.5. The maximum Gasteiger partial charge on any atom is 0.274 e. The Labute approximate surface area is 180 Å². The van der Waals surface area contributed by atoms with Gasteiger partial charge in [-0.2, -0.15) is 5.26 Å². The molecule has 0 bridgehead atoms. The largest absolute Gasteiger partial charge is 0.383 e. The number of benzene rings is 1. The summed E-state index contributed by atoms with van der Waals surface area (Å²) in [5.74, 6) is 0.998. The van der Waals surface area contributed by atoms with Crippen molar-refractivity contribution in [1.82, 2.24) is 19.7 Å². The third-order valence-corrected chi connectivity index (χ3v) is 6.35. The van der Waals surface area contributed by atoms with Crippen LogP contribution >= 0.6 is 0 Å². The molecule has 156 valence electrons. The van der Waals surface area contributed by atoms with E-state index in [0.717, 1.165) is 48.6 Å². The Morgan fingerprint density at radius 2 is 2.23 bits per heavy atom. The molecule has 1 aliphatic carbocycles. The van der Waals surface area contributed by atoms with Crippen molar-refractivity contribution in [2.45, 2.75) is 31.1 Å². The van der Waals surface area contributed by atoms with E-state index in [1.165, 1.54) is 0 Å². The Hall–Kier alpha value is -3.73. The van der Waals surface area contributed by atoms with Crippen molar-refractivity contribution in [3.63, 3.8) is 0 Å². The van der Waals surface area contributed by atoms with Gasteiger partial charge < -0.3 is 15.2 Å². The molecule has 0 spiro atoms. The van der Waals surface area contributed by atoms with Crippen molar-refractivity contribution >= 4 is 17.3 Å². The number of carbonyl (C=O) groups excluding carboxylic acids is 1. The van der Waals surface area contributed by atoms with Gasteiger partial charge in [-0.05, 0) is 48.6 Å². The highest BCUT2D eigenvalue weighted by atomic mass is 16.1. The van der Waals surface area contributed by atoms with Crippen LogP contribution in [0.25, 0.3) is 0 Å². The summed E-state index contributed by atoms with van der Waals surface area (Å²) < 4.78 is 1.94. The van der Waals surface area contributed by atoms with E-state index in [2.05, 4.69) is 38.0 Å². The Bertz CT molecular complexity index is 1190. The molecule has 1 fully saturated rings. The van der Waals surface area contributed by atoms with Crippen LogP contribution in [0, 0.1) is 17.2 Å². The Morgan fingerprint density at radius 3 is 3.00 bits per heavy atom. The van der Waals surface area contributed by atoms with Gasteiger partial charge in [0.1, 0.15) is 17.8 Å². The lowest BCUT2D eigenvalue weighted by atomic mass is 9.57. The Morgan fingerprint density at radius 1 is 1.35 bits per heavy atom. The van der Waals surface area contributed by atoms with Crippen LogP contribution in [-0.2, 0) is 18.9 Å². The molecule has 8 nitrogen and oxygen atoms in total. The molecule has 0 atom stereocenters. The predicted octanol–water partition coefficient (Wildman–Crippen LogP) is 3.04. The molecule has 1 saturated carbocycles. The first-order chi connectivity index (χ1) is 15.1. The van der Waals surface area contributed by atoms with Gasteiger partial charge in [0, 0.05) is 32.1 Å². The minimum absolute atomic E-state index is 0.226. The lowest BCUT2D eigenvalue weighted by molar-refractivity contribution is 0.102. The zero-order valence-corrected chi connectivity index (χ0v) is 17.3. The van der Waals surface area contributed by atoms with Crippen molar-refractivity contribution in [2.24, 2.45) is 13.0 Å². The molecular weight excluding hydrogens is 390 g/mol. The lowest BCUT2D eigenvalue weighted by Crippen LogP contribution is -2.44. The van der Waals surface area contributed by atoms with Crippen molar-refractivity contribution in [3.8, 4) is 6.07 Å². The topological polar surface area (TPSA) is 109 Å². The predicted molar refractivity (Wildman–Crippen MR) is 116 cm³/mol. The molecule has 8 heteroatoms. The normalized spacial score (nSPS) is 21.5. The fourth-order valence-corrected chi connectivity index (χ4v) is 4.85. The summed E-state index contributed by atoms with van der Waals surface area (Å²) >= 11 is 0. The fourth-order valence-electron chi connectivity index (χ4n) is 4.85. The number of aromatic nitrogens is 4. The molecule has 2 N–H and O–H groups in total. The summed E-state index contributed by atoms with van der Waals surface area (Å²) in [6, 6.07) is 13.8. The molecule has 1 aliphatic heterocycles. The van der Waals surface area contributed by atoms with Gasteiger partial charge in [-0.25, -0.2) is 4.98 Å². The highest BCUT2D eigenvalue weighted by Gasteiger charge is 2.49. The van der Waals surface area contributed by atoms with Crippen LogP contribution in [0.5, 0.6) is 0 Å². The molecule has 1 aromatic carbocycles. The molecule has 0 unspecified atom stereocenters. The van der Waals surface area contributed by atoms with E-state index >= 15 is 0 Å². The smallest absolute Gasteiger partial charge is 0.274 e. The van der Waals surface area contributed by atoms with Crippen LogP contribution in [0.15, 0.2) is 42.7 Å². The molecule has 0 radical (unpaired) electrons. The lowest BCUT2D eigenvalue weighted by Gasteiger charge is -2.46. The summed E-state index contributed by atoms with van der Waals surface area (Å²) in [7, 11) is 1.94. The summed E-state index contributed by atoms with van der Waals surface area (Å²) in [4.78, 5) is 17.3. The van der Waals surface area contributed by atoms with Gasteiger partial charge in [-0.1, -0.05) is 12.1 Å². The number of nitrogens with one attached hydrogen (secondary N) is 2. The third-order valence-electron chi connectivity index (χ3n) is 6.35. The van der Waals surface area contributed by atoms with Crippen LogP contribution in [0.3, 0.4) is 0 Å². The van der Waals surface area contributed by atoms with Gasteiger partial charge in [0.05, 0.1) is 22.9 Å². The van der Waals surface area contributed by atoms with Gasteiger partial charge >= 0.3 is 0 Å². The number of nitriles is 1. The van der Waals surface area contributed by atoms with Gasteiger partial charge in [-0.3, -0.25) is 4.79 Å². The van der Waals surface area contributed by atoms with Gasteiger partial charge in [0.15, 0.2) is 0 Å².